The first-order chi connectivity index (χ1) is 32.4. The quantitative estimate of drug-likeness (QED) is 0.0424. The molecule has 0 bridgehead atoms. The van der Waals surface area contributed by atoms with Crippen LogP contribution < -0.4 is 48.3 Å². The summed E-state index contributed by atoms with van der Waals surface area (Å²) in [6, 6.07) is 16.2. The fraction of sp³-hybridized carbons (Fsp3) is 0.250. The van der Waals surface area contributed by atoms with Gasteiger partial charge in [0.05, 0.1) is 18.7 Å². The summed E-state index contributed by atoms with van der Waals surface area (Å²) in [7, 11) is -9.27. The van der Waals surface area contributed by atoms with Gasteiger partial charge in [0.1, 0.15) is 40.3 Å². The topological polar surface area (TPSA) is 298 Å². The summed E-state index contributed by atoms with van der Waals surface area (Å²) in [6.45, 7) is 7.47. The predicted molar refractivity (Wildman–Crippen MR) is 242 cm³/mol. The molecule has 3 atom stereocenters. The summed E-state index contributed by atoms with van der Waals surface area (Å²) in [5, 5.41) is 14.6. The number of nitrogens with one attached hydrogen (secondary N) is 3. The molecule has 364 valence electrons. The minimum Gasteiger partial charge on any atom is -0.485 e. The van der Waals surface area contributed by atoms with Crippen molar-refractivity contribution < 1.29 is 84.0 Å². The van der Waals surface area contributed by atoms with Crippen molar-refractivity contribution in [2.24, 2.45) is 0 Å². The minimum absolute atomic E-state index is 0.0338. The Labute approximate surface area is 396 Å². The number of halogens is 1. The molecule has 0 saturated carbocycles. The van der Waals surface area contributed by atoms with E-state index in [0.717, 1.165) is 51.2 Å². The normalized spacial score (nSPS) is 12.8. The number of rotatable bonds is 20. The maximum atomic E-state index is 14.1. The number of nitriles is 1. The van der Waals surface area contributed by atoms with Crippen LogP contribution in [-0.4, -0.2) is 80.6 Å². The van der Waals surface area contributed by atoms with Crippen molar-refractivity contribution in [1.29, 1.82) is 5.26 Å². The number of carbonyl (C=O) groups is 6. The molecule has 69 heavy (non-hydrogen) atoms. The van der Waals surface area contributed by atoms with E-state index in [1.165, 1.54) is 54.6 Å². The number of fused-ring (bicyclic) bond motifs is 1. The van der Waals surface area contributed by atoms with Crippen LogP contribution in [0.2, 0.25) is 0 Å². The van der Waals surface area contributed by atoms with E-state index in [9.17, 15) is 51.0 Å². The Balaban J connectivity index is 1.36. The van der Waals surface area contributed by atoms with Gasteiger partial charge in [-0.25, -0.2) is 17.4 Å². The van der Waals surface area contributed by atoms with Gasteiger partial charge in [0, 0.05) is 55.7 Å². The van der Waals surface area contributed by atoms with Gasteiger partial charge in [0.15, 0.2) is 34.5 Å². The van der Waals surface area contributed by atoms with Crippen molar-refractivity contribution in [3.63, 3.8) is 0 Å². The Bertz CT molecular complexity index is 2910. The predicted octanol–water partition coefficient (Wildman–Crippen LogP) is 5.51. The molecule has 4 aromatic carbocycles. The highest BCUT2D eigenvalue weighted by Crippen LogP contribution is 2.43. The van der Waals surface area contributed by atoms with E-state index in [1.54, 1.807) is 19.9 Å². The van der Waals surface area contributed by atoms with Crippen molar-refractivity contribution in [1.82, 2.24) is 15.4 Å². The number of nitrogens with zero attached hydrogens (tertiary/aromatic N) is 1. The number of thiophene rings is 1. The van der Waals surface area contributed by atoms with Gasteiger partial charge in [0.2, 0.25) is 0 Å². The molecule has 0 aliphatic carbocycles. The lowest BCUT2D eigenvalue weighted by atomic mass is 10.2. The Morgan fingerprint density at radius 1 is 0.696 bits per heavy atom. The molecular weight excluding hydrogens is 971 g/mol. The molecule has 1 heterocycles. The number of benzene rings is 4. The summed E-state index contributed by atoms with van der Waals surface area (Å²) in [4.78, 5) is 83.3. The summed E-state index contributed by atoms with van der Waals surface area (Å²) >= 11 is 0.749. The summed E-state index contributed by atoms with van der Waals surface area (Å²) in [6.07, 6.45) is -2.75. The van der Waals surface area contributed by atoms with Crippen LogP contribution in [0.1, 0.15) is 67.8 Å². The molecule has 0 saturated heterocycles. The fourth-order valence-corrected chi connectivity index (χ4v) is 9.81. The minimum atomic E-state index is -4.77. The highest BCUT2D eigenvalue weighted by molar-refractivity contribution is 7.92. The first kappa shape index (κ1) is 52.5. The number of sulfonamides is 1. The molecule has 4 N–H and O–H groups in total. The zero-order valence-electron chi connectivity index (χ0n) is 37.3. The van der Waals surface area contributed by atoms with E-state index in [2.05, 4.69) is 10.6 Å². The zero-order valence-corrected chi connectivity index (χ0v) is 39.8. The highest BCUT2D eigenvalue weighted by Gasteiger charge is 2.28. The molecule has 0 aliphatic heterocycles. The van der Waals surface area contributed by atoms with Crippen molar-refractivity contribution in [2.45, 2.75) is 58.0 Å². The Kier molecular flexibility index (Phi) is 17.2. The number of ether oxygens (including phenoxy) is 6. The highest BCUT2D eigenvalue weighted by atomic mass is 32.2. The molecule has 3 unspecified atom stereocenters. The van der Waals surface area contributed by atoms with E-state index in [0.29, 0.717) is 16.2 Å². The van der Waals surface area contributed by atoms with Crippen LogP contribution in [0.5, 0.6) is 40.2 Å². The largest absolute Gasteiger partial charge is 0.485 e. The molecule has 0 fully saturated rings. The number of esters is 4. The summed E-state index contributed by atoms with van der Waals surface area (Å²) in [5.41, 5.74) is -0.277. The standard InChI is InChI=1S/C44H42FN4O17PS2/c1-23(20-47-43(54)29-8-11-35(62-25(3)50)37(13-29)64-27(5)52)60-39-15-32-16-42(69(58,59)49-22-67(56,57)66-33-10-7-31(19-46)34(45)17-33)68-41(32)18-40(39)61-24(2)21-48-44(55)30-9-12-36(63-26(4)51)38(14-30)65-28(6)53/h7-18,23-24,49H,20-22H2,1-6H3,(H,47,54)(H,48,55)(H,56,57). The van der Waals surface area contributed by atoms with Crippen LogP contribution in [0.4, 0.5) is 4.39 Å². The van der Waals surface area contributed by atoms with Crippen LogP contribution in [0, 0.1) is 17.1 Å². The molecule has 25 heteroatoms. The maximum Gasteiger partial charge on any atom is 0.391 e. The van der Waals surface area contributed by atoms with E-state index in [1.807, 2.05) is 4.72 Å². The number of amides is 2. The number of hydrogen-bond acceptors (Lipinski definition) is 18. The van der Waals surface area contributed by atoms with Crippen molar-refractivity contribution in [2.75, 3.05) is 19.4 Å². The van der Waals surface area contributed by atoms with E-state index < -0.39 is 83.4 Å². The monoisotopic (exact) mass is 1010 g/mol. The van der Waals surface area contributed by atoms with Crippen LogP contribution >= 0.6 is 18.9 Å². The molecule has 21 nitrogen and oxygen atoms in total. The zero-order chi connectivity index (χ0) is 50.8. The molecule has 5 rings (SSSR count). The van der Waals surface area contributed by atoms with Gasteiger partial charge in [0.25, 0.3) is 21.8 Å². The fourth-order valence-electron chi connectivity index (χ4n) is 5.86. The smallest absolute Gasteiger partial charge is 0.391 e. The average Bonchev–Trinajstić information content (AvgIpc) is 3.68. The van der Waals surface area contributed by atoms with E-state index >= 15 is 0 Å². The van der Waals surface area contributed by atoms with Gasteiger partial charge >= 0.3 is 31.5 Å². The van der Waals surface area contributed by atoms with Gasteiger partial charge in [-0.2, -0.15) is 9.98 Å². The average molecular weight is 1010 g/mol. The molecule has 0 radical (unpaired) electrons. The summed E-state index contributed by atoms with van der Waals surface area (Å²) < 4.78 is 93.5. The van der Waals surface area contributed by atoms with Gasteiger partial charge in [-0.15, -0.1) is 11.3 Å². The van der Waals surface area contributed by atoms with Crippen molar-refractivity contribution >= 4 is 74.7 Å². The van der Waals surface area contributed by atoms with Crippen LogP contribution in [0.3, 0.4) is 0 Å². The molecule has 0 aliphatic rings. The van der Waals surface area contributed by atoms with Gasteiger partial charge in [-0.1, -0.05) is 0 Å². The SMILES string of the molecule is CC(=O)Oc1ccc(C(=O)NCC(C)Oc2cc3cc(S(=O)(=O)NCP(=O)(O)Oc4ccc(C#N)c(F)c4)sc3cc2OC(C)CNC(=O)c2ccc(OC(C)=O)c(OC(C)=O)c2)cc1OC(C)=O. The summed E-state index contributed by atoms with van der Waals surface area (Å²) in [5.74, 6) is -5.98. The lowest BCUT2D eigenvalue weighted by molar-refractivity contribution is -0.134. The number of hydrogen-bond donors (Lipinski definition) is 4. The maximum absolute atomic E-state index is 14.1. The molecular formula is C44H42FN4O17PS2. The van der Waals surface area contributed by atoms with Crippen molar-refractivity contribution in [3.8, 4) is 46.3 Å². The van der Waals surface area contributed by atoms with Crippen LogP contribution in [-0.2, 0) is 33.8 Å². The van der Waals surface area contributed by atoms with E-state index in [-0.39, 0.29) is 68.5 Å². The lowest BCUT2D eigenvalue weighted by Crippen LogP contribution is -2.34. The lowest BCUT2D eigenvalue weighted by Gasteiger charge is -2.21. The van der Waals surface area contributed by atoms with Crippen LogP contribution in [0.25, 0.3) is 10.1 Å². The molecule has 1 aromatic heterocycles. The number of carbonyl (C=O) groups excluding carboxylic acids is 6. The third-order valence-corrected chi connectivity index (χ3v) is 13.0. The molecule has 5 aromatic rings. The molecule has 2 amide bonds. The van der Waals surface area contributed by atoms with Crippen LogP contribution in [0.15, 0.2) is 77.0 Å². The third-order valence-electron chi connectivity index (χ3n) is 8.77. The Hall–Kier alpha value is -7.42. The second-order valence-corrected chi connectivity index (χ2v) is 19.5. The van der Waals surface area contributed by atoms with Gasteiger partial charge in [-0.05, 0) is 79.9 Å². The van der Waals surface area contributed by atoms with Crippen molar-refractivity contribution in [3.05, 3.63) is 95.3 Å². The van der Waals surface area contributed by atoms with E-state index in [4.69, 9.17) is 38.2 Å². The third kappa shape index (κ3) is 15.0. The second kappa shape index (κ2) is 22.6. The Morgan fingerprint density at radius 2 is 1.17 bits per heavy atom. The first-order valence-electron chi connectivity index (χ1n) is 20.1. The second-order valence-electron chi connectivity index (χ2n) is 14.7. The van der Waals surface area contributed by atoms with Gasteiger partial charge < -0.3 is 48.5 Å². The first-order valence-corrected chi connectivity index (χ1v) is 24.2. The molecule has 0 spiro atoms. The Morgan fingerprint density at radius 3 is 1.64 bits per heavy atom. The van der Waals surface area contributed by atoms with Gasteiger partial charge in [-0.3, -0.25) is 28.8 Å².